The molecule has 3 N–H and O–H groups in total. The number of aromatic nitrogens is 3. The number of fused-ring (bicyclic) bond motifs is 3. The van der Waals surface area contributed by atoms with Gasteiger partial charge in [-0.1, -0.05) is 19.1 Å². The van der Waals surface area contributed by atoms with Crippen molar-refractivity contribution in [1.82, 2.24) is 19.9 Å². The highest BCUT2D eigenvalue weighted by Gasteiger charge is 2.17. The Balaban J connectivity index is 1.92. The first-order valence-electron chi connectivity index (χ1n) is 7.46. The van der Waals surface area contributed by atoms with E-state index >= 15 is 0 Å². The number of carbonyl (C=O) groups is 2. The van der Waals surface area contributed by atoms with Crippen LogP contribution in [0.25, 0.3) is 16.6 Å². The summed E-state index contributed by atoms with van der Waals surface area (Å²) in [7, 11) is 0. The fourth-order valence-electron chi connectivity index (χ4n) is 2.58. The van der Waals surface area contributed by atoms with Crippen molar-refractivity contribution in [2.45, 2.75) is 13.3 Å². The van der Waals surface area contributed by atoms with E-state index in [0.29, 0.717) is 16.6 Å². The van der Waals surface area contributed by atoms with E-state index in [9.17, 15) is 14.4 Å². The molecule has 1 atom stereocenters. The smallest absolute Gasteiger partial charge is 0.303 e. The standard InChI is InChI=1S/C16H16N4O4/c1-9(6-13(21)22)7-17-15(23)11-8-18-20-12-5-3-2-4-10(12)16(24)19-14(11)20/h2-5,8-9H,6-7H2,1H3,(H,17,23)(H,19,24)(H,21,22). The molecule has 0 radical (unpaired) electrons. The predicted octanol–water partition coefficient (Wildman–Crippen LogP) is 1.02. The number of aromatic amines is 1. The number of nitrogens with zero attached hydrogens (tertiary/aromatic N) is 2. The third-order valence-electron chi connectivity index (χ3n) is 3.76. The van der Waals surface area contributed by atoms with Crippen LogP contribution >= 0.6 is 0 Å². The van der Waals surface area contributed by atoms with E-state index in [2.05, 4.69) is 15.4 Å². The first kappa shape index (κ1) is 15.7. The van der Waals surface area contributed by atoms with Gasteiger partial charge in [0.05, 0.1) is 17.1 Å². The van der Waals surface area contributed by atoms with Gasteiger partial charge < -0.3 is 15.4 Å². The highest BCUT2D eigenvalue weighted by Crippen LogP contribution is 2.14. The predicted molar refractivity (Wildman–Crippen MR) is 87.1 cm³/mol. The number of nitrogens with one attached hydrogen (secondary N) is 2. The van der Waals surface area contributed by atoms with Crippen molar-refractivity contribution in [2.24, 2.45) is 5.92 Å². The molecule has 0 saturated carbocycles. The van der Waals surface area contributed by atoms with Crippen molar-refractivity contribution in [2.75, 3.05) is 6.54 Å². The lowest BCUT2D eigenvalue weighted by Gasteiger charge is -2.09. The van der Waals surface area contributed by atoms with Gasteiger partial charge in [0.1, 0.15) is 11.2 Å². The first-order valence-corrected chi connectivity index (χ1v) is 7.46. The van der Waals surface area contributed by atoms with Crippen LogP contribution in [0.2, 0.25) is 0 Å². The molecule has 0 aliphatic carbocycles. The monoisotopic (exact) mass is 328 g/mol. The average Bonchev–Trinajstić information content (AvgIpc) is 2.96. The Labute approximate surface area is 136 Å². The van der Waals surface area contributed by atoms with Crippen molar-refractivity contribution in [1.29, 1.82) is 0 Å². The fourth-order valence-corrected chi connectivity index (χ4v) is 2.58. The van der Waals surface area contributed by atoms with Crippen molar-refractivity contribution < 1.29 is 14.7 Å². The molecule has 0 spiro atoms. The highest BCUT2D eigenvalue weighted by atomic mass is 16.4. The summed E-state index contributed by atoms with van der Waals surface area (Å²) in [5.41, 5.74) is 0.851. The molecular weight excluding hydrogens is 312 g/mol. The second-order valence-corrected chi connectivity index (χ2v) is 5.70. The minimum absolute atomic E-state index is 0.0312. The number of carboxylic acids is 1. The zero-order valence-corrected chi connectivity index (χ0v) is 12.9. The van der Waals surface area contributed by atoms with Gasteiger partial charge in [-0.05, 0) is 18.1 Å². The molecule has 1 amide bonds. The van der Waals surface area contributed by atoms with Gasteiger partial charge in [0, 0.05) is 13.0 Å². The Morgan fingerprint density at radius 1 is 1.38 bits per heavy atom. The van der Waals surface area contributed by atoms with Crippen molar-refractivity contribution in [3.63, 3.8) is 0 Å². The van der Waals surface area contributed by atoms with E-state index in [1.807, 2.05) is 0 Å². The lowest BCUT2D eigenvalue weighted by molar-refractivity contribution is -0.137. The number of hydrogen-bond acceptors (Lipinski definition) is 4. The molecule has 124 valence electrons. The molecule has 3 rings (SSSR count). The van der Waals surface area contributed by atoms with Crippen LogP contribution in [0.15, 0.2) is 35.3 Å². The first-order chi connectivity index (χ1) is 11.5. The van der Waals surface area contributed by atoms with E-state index in [1.165, 1.54) is 10.7 Å². The molecule has 0 fully saturated rings. The van der Waals surface area contributed by atoms with Crippen molar-refractivity contribution in [3.8, 4) is 0 Å². The highest BCUT2D eigenvalue weighted by molar-refractivity contribution is 6.00. The van der Waals surface area contributed by atoms with Crippen LogP contribution in [0, 0.1) is 5.92 Å². The van der Waals surface area contributed by atoms with Crippen LogP contribution in [-0.2, 0) is 4.79 Å². The maximum absolute atomic E-state index is 12.3. The lowest BCUT2D eigenvalue weighted by Crippen LogP contribution is -2.29. The Morgan fingerprint density at radius 2 is 2.12 bits per heavy atom. The molecular formula is C16H16N4O4. The Morgan fingerprint density at radius 3 is 2.88 bits per heavy atom. The summed E-state index contributed by atoms with van der Waals surface area (Å²) in [5.74, 6) is -1.52. The van der Waals surface area contributed by atoms with Gasteiger partial charge in [0.2, 0.25) is 0 Å². The topological polar surface area (TPSA) is 117 Å². The zero-order chi connectivity index (χ0) is 17.3. The largest absolute Gasteiger partial charge is 0.481 e. The maximum Gasteiger partial charge on any atom is 0.303 e. The summed E-state index contributed by atoms with van der Waals surface area (Å²) in [6.45, 7) is 1.96. The van der Waals surface area contributed by atoms with Crippen LogP contribution in [0.5, 0.6) is 0 Å². The molecule has 2 aromatic heterocycles. The van der Waals surface area contributed by atoms with Crippen molar-refractivity contribution >= 4 is 28.4 Å². The summed E-state index contributed by atoms with van der Waals surface area (Å²) < 4.78 is 1.51. The molecule has 0 saturated heterocycles. The normalized spacial score (nSPS) is 12.4. The van der Waals surface area contributed by atoms with E-state index in [-0.39, 0.29) is 30.0 Å². The van der Waals surface area contributed by atoms with E-state index in [1.54, 1.807) is 31.2 Å². The summed E-state index contributed by atoms with van der Waals surface area (Å²) in [4.78, 5) is 37.8. The molecule has 0 bridgehead atoms. The molecule has 0 aliphatic heterocycles. The molecule has 1 unspecified atom stereocenters. The third kappa shape index (κ3) is 2.85. The molecule has 3 aromatic rings. The Bertz CT molecular complexity index is 989. The molecule has 24 heavy (non-hydrogen) atoms. The molecule has 1 aromatic carbocycles. The van der Waals surface area contributed by atoms with E-state index in [0.717, 1.165) is 0 Å². The van der Waals surface area contributed by atoms with E-state index in [4.69, 9.17) is 5.11 Å². The summed E-state index contributed by atoms with van der Waals surface area (Å²) >= 11 is 0. The zero-order valence-electron chi connectivity index (χ0n) is 12.9. The summed E-state index contributed by atoms with van der Waals surface area (Å²) in [6, 6.07) is 6.98. The SMILES string of the molecule is CC(CNC(=O)c1cnn2c1[nH]c(=O)c1ccccc12)CC(=O)O. The summed E-state index contributed by atoms with van der Waals surface area (Å²) in [6.07, 6.45) is 1.35. The number of benzene rings is 1. The number of carboxylic acid groups (broad SMARTS) is 1. The van der Waals surface area contributed by atoms with Crippen molar-refractivity contribution in [3.05, 3.63) is 46.4 Å². The number of carbonyl (C=O) groups excluding carboxylic acids is 1. The molecule has 0 aliphatic rings. The van der Waals surface area contributed by atoms with E-state index < -0.39 is 11.9 Å². The minimum atomic E-state index is -0.913. The third-order valence-corrected chi connectivity index (χ3v) is 3.76. The number of amides is 1. The number of aliphatic carboxylic acids is 1. The second-order valence-electron chi connectivity index (χ2n) is 5.70. The Hall–Kier alpha value is -3.16. The number of hydrogen-bond donors (Lipinski definition) is 3. The minimum Gasteiger partial charge on any atom is -0.481 e. The van der Waals surface area contributed by atoms with Gasteiger partial charge in [-0.15, -0.1) is 0 Å². The molecule has 2 heterocycles. The van der Waals surface area contributed by atoms with Gasteiger partial charge in [-0.3, -0.25) is 14.4 Å². The van der Waals surface area contributed by atoms with Crippen LogP contribution < -0.4 is 10.9 Å². The fraction of sp³-hybridized carbons (Fsp3) is 0.250. The van der Waals surface area contributed by atoms with Gasteiger partial charge in [0.15, 0.2) is 0 Å². The lowest BCUT2D eigenvalue weighted by atomic mass is 10.1. The van der Waals surface area contributed by atoms with Crippen LogP contribution in [-0.4, -0.2) is 38.1 Å². The van der Waals surface area contributed by atoms with Crippen LogP contribution in [0.4, 0.5) is 0 Å². The molecule has 8 nitrogen and oxygen atoms in total. The summed E-state index contributed by atoms with van der Waals surface area (Å²) in [5, 5.41) is 16.1. The Kier molecular flexibility index (Phi) is 4.03. The maximum atomic E-state index is 12.3. The van der Waals surface area contributed by atoms with Gasteiger partial charge in [-0.25, -0.2) is 4.52 Å². The quantitative estimate of drug-likeness (QED) is 0.646. The number of rotatable bonds is 5. The number of para-hydroxylation sites is 1. The van der Waals surface area contributed by atoms with Gasteiger partial charge in [0.25, 0.3) is 11.5 Å². The van der Waals surface area contributed by atoms with Crippen LogP contribution in [0.3, 0.4) is 0 Å². The number of H-pyrrole nitrogens is 1. The second kappa shape index (κ2) is 6.15. The van der Waals surface area contributed by atoms with Gasteiger partial charge in [-0.2, -0.15) is 5.10 Å². The van der Waals surface area contributed by atoms with Gasteiger partial charge >= 0.3 is 5.97 Å². The average molecular weight is 328 g/mol. The molecule has 8 heteroatoms. The van der Waals surface area contributed by atoms with Crippen LogP contribution in [0.1, 0.15) is 23.7 Å².